The predicted molar refractivity (Wildman–Crippen MR) is 78.9 cm³/mol. The number of nitrogens with zero attached hydrogens (tertiary/aromatic N) is 1. The minimum Gasteiger partial charge on any atom is -0.464 e. The Labute approximate surface area is 120 Å². The Kier molecular flexibility index (Phi) is 5.80. The van der Waals surface area contributed by atoms with E-state index in [-0.39, 0.29) is 0 Å². The molecule has 5 nitrogen and oxygen atoms in total. The van der Waals surface area contributed by atoms with E-state index in [1.165, 1.54) is 32.9 Å². The highest BCUT2D eigenvalue weighted by molar-refractivity contribution is 5.87. The smallest absolute Gasteiger partial charge is 0.356 e. The Morgan fingerprint density at radius 3 is 3.20 bits per heavy atom. The van der Waals surface area contributed by atoms with Crippen LogP contribution in [0.4, 0.5) is 5.82 Å². The molecule has 2 N–H and O–H groups in total. The van der Waals surface area contributed by atoms with E-state index in [4.69, 9.17) is 0 Å². The molecule has 1 saturated heterocycles. The van der Waals surface area contributed by atoms with E-state index in [1.807, 2.05) is 12.1 Å². The molecule has 0 amide bonds. The molecule has 0 bridgehead atoms. The average Bonchev–Trinajstić information content (AvgIpc) is 2.52. The summed E-state index contributed by atoms with van der Waals surface area (Å²) in [7, 11) is 1.36. The van der Waals surface area contributed by atoms with Gasteiger partial charge >= 0.3 is 5.97 Å². The lowest BCUT2D eigenvalue weighted by atomic mass is 9.95. The van der Waals surface area contributed by atoms with Gasteiger partial charge in [-0.2, -0.15) is 0 Å². The van der Waals surface area contributed by atoms with Crippen LogP contribution in [0.3, 0.4) is 0 Å². The molecule has 1 unspecified atom stereocenters. The first-order valence-corrected chi connectivity index (χ1v) is 7.29. The summed E-state index contributed by atoms with van der Waals surface area (Å²) >= 11 is 0. The van der Waals surface area contributed by atoms with Crippen LogP contribution in [0, 0.1) is 5.92 Å². The number of nitrogens with one attached hydrogen (secondary N) is 2. The van der Waals surface area contributed by atoms with Crippen molar-refractivity contribution in [3.8, 4) is 0 Å². The Morgan fingerprint density at radius 2 is 2.45 bits per heavy atom. The molecule has 0 aliphatic carbocycles. The van der Waals surface area contributed by atoms with Crippen LogP contribution < -0.4 is 10.6 Å². The van der Waals surface area contributed by atoms with Crippen molar-refractivity contribution in [2.45, 2.75) is 25.7 Å². The third-order valence-corrected chi connectivity index (χ3v) is 3.64. The van der Waals surface area contributed by atoms with Crippen LogP contribution in [0.1, 0.15) is 36.2 Å². The van der Waals surface area contributed by atoms with E-state index in [0.717, 1.165) is 31.2 Å². The zero-order valence-electron chi connectivity index (χ0n) is 12.0. The van der Waals surface area contributed by atoms with Crippen molar-refractivity contribution in [1.82, 2.24) is 10.3 Å². The van der Waals surface area contributed by atoms with Gasteiger partial charge in [-0.05, 0) is 56.8 Å². The molecule has 1 fully saturated rings. The molecule has 1 aromatic heterocycles. The summed E-state index contributed by atoms with van der Waals surface area (Å²) in [6, 6.07) is 5.34. The molecule has 0 spiro atoms. The van der Waals surface area contributed by atoms with E-state index >= 15 is 0 Å². The van der Waals surface area contributed by atoms with Gasteiger partial charge in [-0.3, -0.25) is 0 Å². The van der Waals surface area contributed by atoms with Crippen LogP contribution in [0.25, 0.3) is 0 Å². The number of anilines is 1. The highest BCUT2D eigenvalue weighted by atomic mass is 16.5. The van der Waals surface area contributed by atoms with Crippen LogP contribution in [0.15, 0.2) is 18.2 Å². The Morgan fingerprint density at radius 1 is 1.55 bits per heavy atom. The van der Waals surface area contributed by atoms with Crippen molar-refractivity contribution in [3.05, 3.63) is 23.9 Å². The molecule has 0 saturated carbocycles. The first-order valence-electron chi connectivity index (χ1n) is 7.29. The van der Waals surface area contributed by atoms with Gasteiger partial charge in [-0.25, -0.2) is 9.78 Å². The maximum atomic E-state index is 11.4. The summed E-state index contributed by atoms with van der Waals surface area (Å²) in [5.41, 5.74) is 0.342. The lowest BCUT2D eigenvalue weighted by Crippen LogP contribution is -2.29. The van der Waals surface area contributed by atoms with E-state index in [0.29, 0.717) is 5.69 Å². The number of piperidine rings is 1. The maximum absolute atomic E-state index is 11.4. The number of aromatic nitrogens is 1. The molecule has 20 heavy (non-hydrogen) atoms. The quantitative estimate of drug-likeness (QED) is 0.615. The molecular weight excluding hydrogens is 254 g/mol. The van der Waals surface area contributed by atoms with E-state index in [9.17, 15) is 4.79 Å². The highest BCUT2D eigenvalue weighted by Crippen LogP contribution is 2.16. The molecule has 0 radical (unpaired) electrons. The Balaban J connectivity index is 1.72. The van der Waals surface area contributed by atoms with Crippen LogP contribution in [0.5, 0.6) is 0 Å². The third kappa shape index (κ3) is 4.49. The fraction of sp³-hybridized carbons (Fsp3) is 0.600. The largest absolute Gasteiger partial charge is 0.464 e. The molecule has 1 aliphatic heterocycles. The number of hydrogen-bond acceptors (Lipinski definition) is 5. The number of esters is 1. The minimum absolute atomic E-state index is 0.342. The fourth-order valence-electron chi connectivity index (χ4n) is 2.53. The number of methoxy groups -OCH3 is 1. The second kappa shape index (κ2) is 7.85. The van der Waals surface area contributed by atoms with Crippen molar-refractivity contribution in [1.29, 1.82) is 0 Å². The molecule has 1 atom stereocenters. The summed E-state index contributed by atoms with van der Waals surface area (Å²) in [5, 5.41) is 6.70. The van der Waals surface area contributed by atoms with Crippen LogP contribution in [-0.4, -0.2) is 37.7 Å². The van der Waals surface area contributed by atoms with E-state index in [1.54, 1.807) is 6.07 Å². The average molecular weight is 277 g/mol. The predicted octanol–water partition coefficient (Wildman–Crippen LogP) is 2.06. The summed E-state index contributed by atoms with van der Waals surface area (Å²) in [4.78, 5) is 15.6. The Hall–Kier alpha value is -1.62. The van der Waals surface area contributed by atoms with Crippen molar-refractivity contribution < 1.29 is 9.53 Å². The van der Waals surface area contributed by atoms with Gasteiger partial charge in [0.25, 0.3) is 0 Å². The summed E-state index contributed by atoms with van der Waals surface area (Å²) in [6.45, 7) is 3.20. The molecular formula is C15H23N3O2. The fourth-order valence-corrected chi connectivity index (χ4v) is 2.53. The van der Waals surface area contributed by atoms with Gasteiger partial charge < -0.3 is 15.4 Å². The van der Waals surface area contributed by atoms with Gasteiger partial charge in [-0.1, -0.05) is 6.07 Å². The van der Waals surface area contributed by atoms with Crippen molar-refractivity contribution in [3.63, 3.8) is 0 Å². The summed E-state index contributed by atoms with van der Waals surface area (Å²) < 4.78 is 4.66. The normalized spacial score (nSPS) is 18.6. The third-order valence-electron chi connectivity index (χ3n) is 3.64. The first-order chi connectivity index (χ1) is 9.79. The van der Waals surface area contributed by atoms with Crippen molar-refractivity contribution in [2.24, 2.45) is 5.92 Å². The Bertz CT molecular complexity index is 431. The van der Waals surface area contributed by atoms with Gasteiger partial charge in [0.15, 0.2) is 5.69 Å². The molecule has 2 heterocycles. The van der Waals surface area contributed by atoms with Gasteiger partial charge in [-0.15, -0.1) is 0 Å². The van der Waals surface area contributed by atoms with Gasteiger partial charge in [0.2, 0.25) is 0 Å². The standard InChI is InChI=1S/C15H23N3O2/c1-20-15(19)13-7-2-8-14(18-13)17-10-4-6-12-5-3-9-16-11-12/h2,7-8,12,16H,3-6,9-11H2,1H3,(H,17,18). The SMILES string of the molecule is COC(=O)c1cccc(NCCCC2CCCNC2)n1. The summed E-state index contributed by atoms with van der Waals surface area (Å²) in [6.07, 6.45) is 4.98. The lowest BCUT2D eigenvalue weighted by molar-refractivity contribution is 0.0594. The van der Waals surface area contributed by atoms with Crippen LogP contribution in [-0.2, 0) is 4.74 Å². The molecule has 2 rings (SSSR count). The summed E-state index contributed by atoms with van der Waals surface area (Å²) in [5.74, 6) is 1.14. The van der Waals surface area contributed by atoms with Crippen LogP contribution >= 0.6 is 0 Å². The molecule has 110 valence electrons. The van der Waals surface area contributed by atoms with Crippen molar-refractivity contribution in [2.75, 3.05) is 32.1 Å². The van der Waals surface area contributed by atoms with Crippen molar-refractivity contribution >= 4 is 11.8 Å². The molecule has 1 aliphatic rings. The number of rotatable bonds is 6. The molecule has 1 aromatic rings. The second-order valence-electron chi connectivity index (χ2n) is 5.18. The number of carbonyl (C=O) groups is 1. The molecule has 5 heteroatoms. The van der Waals surface area contributed by atoms with Crippen LogP contribution in [0.2, 0.25) is 0 Å². The van der Waals surface area contributed by atoms with Gasteiger partial charge in [0.1, 0.15) is 5.82 Å². The van der Waals surface area contributed by atoms with Gasteiger partial charge in [0, 0.05) is 6.54 Å². The van der Waals surface area contributed by atoms with E-state index in [2.05, 4.69) is 20.4 Å². The number of hydrogen-bond donors (Lipinski definition) is 2. The second-order valence-corrected chi connectivity index (χ2v) is 5.18. The minimum atomic E-state index is -0.401. The lowest BCUT2D eigenvalue weighted by Gasteiger charge is -2.22. The zero-order valence-corrected chi connectivity index (χ0v) is 12.0. The maximum Gasteiger partial charge on any atom is 0.356 e. The number of carbonyl (C=O) groups excluding carboxylic acids is 1. The number of pyridine rings is 1. The topological polar surface area (TPSA) is 63.2 Å². The highest BCUT2D eigenvalue weighted by Gasteiger charge is 2.12. The van der Waals surface area contributed by atoms with E-state index < -0.39 is 5.97 Å². The van der Waals surface area contributed by atoms with Gasteiger partial charge in [0.05, 0.1) is 7.11 Å². The monoisotopic (exact) mass is 277 g/mol. The molecule has 0 aromatic carbocycles. The first kappa shape index (κ1) is 14.8. The zero-order chi connectivity index (χ0) is 14.2. The number of ether oxygens (including phenoxy) is 1.